The molecule has 0 aliphatic rings. The average Bonchev–Trinajstić information content (AvgIpc) is 2.79. The quantitative estimate of drug-likeness (QED) is 0.0867. The molecule has 1 atom stereocenters. The van der Waals surface area contributed by atoms with Gasteiger partial charge in [-0.05, 0) is 49.7 Å². The SMILES string of the molecule is CCCCCCCCCCCCC(O)COc1ccc([I+]c2ccc(C)cc2)cc1.F[P-](F)(F)(F)(F)F. The first kappa shape index (κ1) is 34.0. The molecule has 37 heavy (non-hydrogen) atoms. The summed E-state index contributed by atoms with van der Waals surface area (Å²) < 4.78 is 67.8. The van der Waals surface area contributed by atoms with Crippen molar-refractivity contribution in [2.75, 3.05) is 6.61 Å². The Morgan fingerprint density at radius 1 is 0.703 bits per heavy atom. The molecular formula is C27H40F6IO2P. The predicted octanol–water partition coefficient (Wildman–Crippen LogP) is 7.56. The van der Waals surface area contributed by atoms with Gasteiger partial charge in [0.2, 0.25) is 0 Å². The number of unbranched alkanes of at least 4 members (excludes halogenated alkanes) is 9. The third kappa shape index (κ3) is 23.8. The zero-order chi connectivity index (χ0) is 27.9. The van der Waals surface area contributed by atoms with Crippen molar-refractivity contribution < 1.29 is 56.2 Å². The third-order valence-electron chi connectivity index (χ3n) is 5.38. The molecule has 10 heteroatoms. The van der Waals surface area contributed by atoms with Crippen LogP contribution in [0.15, 0.2) is 48.5 Å². The Morgan fingerprint density at radius 2 is 1.11 bits per heavy atom. The first-order valence-electron chi connectivity index (χ1n) is 12.8. The van der Waals surface area contributed by atoms with Crippen molar-refractivity contribution in [1.82, 2.24) is 0 Å². The van der Waals surface area contributed by atoms with Crippen molar-refractivity contribution in [2.24, 2.45) is 0 Å². The van der Waals surface area contributed by atoms with Crippen molar-refractivity contribution in [3.8, 4) is 5.75 Å². The molecule has 0 saturated carbocycles. The monoisotopic (exact) mass is 668 g/mol. The number of aryl methyl sites for hydroxylation is 1. The van der Waals surface area contributed by atoms with Gasteiger partial charge in [0.15, 0.2) is 7.14 Å². The molecule has 1 unspecified atom stereocenters. The maximum absolute atomic E-state index is 10.7. The van der Waals surface area contributed by atoms with Crippen LogP contribution in [0.4, 0.5) is 25.2 Å². The Balaban J connectivity index is 0.000000856. The molecule has 0 bridgehead atoms. The van der Waals surface area contributed by atoms with E-state index < -0.39 is 7.81 Å². The summed E-state index contributed by atoms with van der Waals surface area (Å²) >= 11 is -0.144. The molecule has 2 aromatic rings. The van der Waals surface area contributed by atoms with E-state index in [1.165, 1.54) is 70.5 Å². The number of benzene rings is 2. The number of hydrogen-bond acceptors (Lipinski definition) is 2. The fourth-order valence-electron chi connectivity index (χ4n) is 3.46. The third-order valence-corrected chi connectivity index (χ3v) is 8.06. The number of rotatable bonds is 16. The normalized spacial score (nSPS) is 14.2. The van der Waals surface area contributed by atoms with E-state index in [1.807, 2.05) is 12.1 Å². The Kier molecular flexibility index (Phi) is 14.2. The van der Waals surface area contributed by atoms with Gasteiger partial charge >= 0.3 is 54.2 Å². The summed E-state index contributed by atoms with van der Waals surface area (Å²) in [6, 6.07) is 17.2. The van der Waals surface area contributed by atoms with Gasteiger partial charge in [0.05, 0.1) is 6.10 Å². The van der Waals surface area contributed by atoms with E-state index in [4.69, 9.17) is 4.74 Å². The van der Waals surface area contributed by atoms with E-state index in [0.717, 1.165) is 18.6 Å². The first-order valence-corrected chi connectivity index (χ1v) is 17.0. The van der Waals surface area contributed by atoms with Gasteiger partial charge in [-0.15, -0.1) is 0 Å². The average molecular weight is 668 g/mol. The van der Waals surface area contributed by atoms with Crippen molar-refractivity contribution in [2.45, 2.75) is 90.6 Å². The van der Waals surface area contributed by atoms with E-state index in [9.17, 15) is 30.3 Å². The van der Waals surface area contributed by atoms with Crippen LogP contribution >= 0.6 is 7.81 Å². The van der Waals surface area contributed by atoms with Crippen molar-refractivity contribution in [3.63, 3.8) is 0 Å². The van der Waals surface area contributed by atoms with Crippen LogP contribution in [0.3, 0.4) is 0 Å². The van der Waals surface area contributed by atoms with Gasteiger partial charge in [0.1, 0.15) is 12.4 Å². The van der Waals surface area contributed by atoms with Gasteiger partial charge in [-0.25, -0.2) is 0 Å². The van der Waals surface area contributed by atoms with Crippen LogP contribution in [0.1, 0.15) is 83.1 Å². The second-order valence-corrected chi connectivity index (χ2v) is 14.2. The Hall–Kier alpha value is -1.06. The van der Waals surface area contributed by atoms with Gasteiger partial charge in [0.25, 0.3) is 0 Å². The van der Waals surface area contributed by atoms with Crippen LogP contribution in [0.25, 0.3) is 0 Å². The molecular weight excluding hydrogens is 628 g/mol. The van der Waals surface area contributed by atoms with Gasteiger partial charge in [-0.1, -0.05) is 88.8 Å². The van der Waals surface area contributed by atoms with Crippen molar-refractivity contribution in [3.05, 3.63) is 61.2 Å². The number of halogens is 7. The first-order chi connectivity index (χ1) is 17.1. The molecule has 0 aliphatic heterocycles. The van der Waals surface area contributed by atoms with Gasteiger partial charge in [-0.2, -0.15) is 0 Å². The molecule has 0 heterocycles. The van der Waals surface area contributed by atoms with E-state index in [-0.39, 0.29) is 27.3 Å². The second kappa shape index (κ2) is 15.5. The predicted molar refractivity (Wildman–Crippen MR) is 137 cm³/mol. The Labute approximate surface area is 227 Å². The molecule has 2 rings (SSSR count). The minimum absolute atomic E-state index is 0.144. The number of aliphatic hydroxyl groups is 1. The minimum atomic E-state index is -10.7. The van der Waals surface area contributed by atoms with Gasteiger partial charge in [-0.3, -0.25) is 0 Å². The molecule has 0 amide bonds. The number of ether oxygens (including phenoxy) is 1. The van der Waals surface area contributed by atoms with E-state index in [2.05, 4.69) is 50.2 Å². The second-order valence-electron chi connectivity index (χ2n) is 9.24. The Bertz CT molecular complexity index is 864. The van der Waals surface area contributed by atoms with Crippen LogP contribution < -0.4 is 25.9 Å². The molecule has 0 spiro atoms. The van der Waals surface area contributed by atoms with Crippen LogP contribution in [0, 0.1) is 14.1 Å². The van der Waals surface area contributed by atoms with Crippen LogP contribution in [-0.2, 0) is 0 Å². The molecule has 2 aromatic carbocycles. The van der Waals surface area contributed by atoms with Gasteiger partial charge < -0.3 is 9.84 Å². The fourth-order valence-corrected chi connectivity index (χ4v) is 5.62. The van der Waals surface area contributed by atoms with Crippen molar-refractivity contribution >= 4 is 7.81 Å². The van der Waals surface area contributed by atoms with E-state index in [0.29, 0.717) is 6.61 Å². The van der Waals surface area contributed by atoms with E-state index >= 15 is 0 Å². The summed E-state index contributed by atoms with van der Waals surface area (Å²) in [4.78, 5) is 0. The zero-order valence-corrected chi connectivity index (χ0v) is 24.7. The number of hydrogen-bond donors (Lipinski definition) is 1. The maximum atomic E-state index is 10.2. The van der Waals surface area contributed by atoms with Crippen LogP contribution in [0.2, 0.25) is 0 Å². The Morgan fingerprint density at radius 3 is 1.57 bits per heavy atom. The summed E-state index contributed by atoms with van der Waals surface area (Å²) in [7, 11) is -10.7. The summed E-state index contributed by atoms with van der Waals surface area (Å²) in [6.07, 6.45) is 13.7. The molecule has 0 radical (unpaired) electrons. The van der Waals surface area contributed by atoms with Crippen LogP contribution in [0.5, 0.6) is 5.75 Å². The molecule has 0 aliphatic carbocycles. The van der Waals surface area contributed by atoms with Crippen molar-refractivity contribution in [1.29, 1.82) is 0 Å². The molecule has 1 N–H and O–H groups in total. The molecule has 214 valence electrons. The summed E-state index contributed by atoms with van der Waals surface area (Å²) in [5, 5.41) is 10.2. The fraction of sp³-hybridized carbons (Fsp3) is 0.556. The molecule has 0 aromatic heterocycles. The topological polar surface area (TPSA) is 29.5 Å². The van der Waals surface area contributed by atoms with Crippen LogP contribution in [-0.4, -0.2) is 17.8 Å². The number of aliphatic hydroxyl groups excluding tert-OH is 1. The molecule has 2 nitrogen and oxygen atoms in total. The summed E-state index contributed by atoms with van der Waals surface area (Å²) in [5.41, 5.74) is 1.31. The molecule has 0 fully saturated rings. The van der Waals surface area contributed by atoms with Gasteiger partial charge in [0, 0.05) is 0 Å². The van der Waals surface area contributed by atoms with E-state index in [1.54, 1.807) is 0 Å². The molecule has 0 saturated heterocycles. The summed E-state index contributed by atoms with van der Waals surface area (Å²) in [6.45, 7) is 4.78. The zero-order valence-electron chi connectivity index (χ0n) is 21.6. The standard InChI is InChI=1S/C27H40IO2.F6P/c1-3-4-5-6-7-8-9-10-11-12-13-26(29)22-30-27-20-18-25(19-21-27)28-24-16-14-23(2)15-17-24;1-7(2,3,4,5)6/h14-21,26,29H,3-13,22H2,1-2H3;/q+1;-1. The summed E-state index contributed by atoms with van der Waals surface area (Å²) in [5.74, 6) is 0.855.